The van der Waals surface area contributed by atoms with Crippen LogP contribution in [0.15, 0.2) is 117 Å². The summed E-state index contributed by atoms with van der Waals surface area (Å²) in [5.41, 5.74) is 3.91. The maximum Gasteiger partial charge on any atom is 0.296 e. The van der Waals surface area contributed by atoms with E-state index < -0.39 is 39.4 Å². The van der Waals surface area contributed by atoms with E-state index in [1.807, 2.05) is 39.8 Å². The van der Waals surface area contributed by atoms with E-state index in [2.05, 4.69) is 13.8 Å². The topological polar surface area (TPSA) is 212 Å². The monoisotopic (exact) mass is 1480 g/mol. The first-order valence-corrected chi connectivity index (χ1v) is 40.7. The van der Waals surface area contributed by atoms with Crippen molar-refractivity contribution in [3.8, 4) is 0 Å². The number of halogens is 3. The number of hydrogen-bond acceptors (Lipinski definition) is 12. The van der Waals surface area contributed by atoms with Gasteiger partial charge in [0.05, 0.1) is 52.4 Å². The van der Waals surface area contributed by atoms with Crippen LogP contribution in [-0.2, 0) is 43.6 Å². The molecule has 1 N–H and O–H groups in total. The number of quaternary nitrogens is 4. The van der Waals surface area contributed by atoms with Crippen molar-refractivity contribution in [3.05, 3.63) is 119 Å². The fraction of sp³-hybridized carbons (Fsp3) is 0.657. The van der Waals surface area contributed by atoms with Gasteiger partial charge in [-0.05, 0) is 102 Å². The summed E-state index contributed by atoms with van der Waals surface area (Å²) in [6.45, 7) is 33.8. The van der Waals surface area contributed by atoms with Gasteiger partial charge in [0.25, 0.3) is 19.2 Å². The first-order valence-electron chi connectivity index (χ1n) is 34.2. The minimum atomic E-state index is -4.27. The summed E-state index contributed by atoms with van der Waals surface area (Å²) in [7, 11) is -10.6. The highest BCUT2D eigenvalue weighted by Gasteiger charge is 2.49. The van der Waals surface area contributed by atoms with Crippen LogP contribution in [0.4, 0.5) is 0 Å². The Morgan fingerprint density at radius 3 is 0.839 bits per heavy atom. The van der Waals surface area contributed by atoms with Crippen molar-refractivity contribution >= 4 is 50.1 Å². The number of aliphatic hydroxyl groups is 1. The molecular formula is C70H115BrCl2N4O12S4. The molecule has 0 atom stereocenters. The van der Waals surface area contributed by atoms with Gasteiger partial charge in [-0.25, -0.2) is 25.3 Å². The Hall–Kier alpha value is -2.58. The van der Waals surface area contributed by atoms with Gasteiger partial charge in [0.2, 0.25) is 0 Å². The molecule has 23 heteroatoms. The lowest BCUT2D eigenvalue weighted by atomic mass is 10.0. The first-order chi connectivity index (χ1) is 43.1. The van der Waals surface area contributed by atoms with Gasteiger partial charge in [0.1, 0.15) is 98.8 Å². The molecule has 6 aliphatic heterocycles. The van der Waals surface area contributed by atoms with Crippen molar-refractivity contribution in [1.82, 2.24) is 0 Å². The zero-order valence-corrected chi connectivity index (χ0v) is 63.4. The summed E-state index contributed by atoms with van der Waals surface area (Å²) in [6.07, 6.45) is 30.4. The molecular weight excluding hydrogens is 1370 g/mol. The maximum atomic E-state index is 12.4. The zero-order valence-electron chi connectivity index (χ0n) is 57.0. The van der Waals surface area contributed by atoms with Gasteiger partial charge in [-0.2, -0.15) is 8.42 Å². The van der Waals surface area contributed by atoms with E-state index in [-0.39, 0.29) is 55.6 Å². The third-order valence-corrected chi connectivity index (χ3v) is 23.7. The second kappa shape index (κ2) is 43.7. The van der Waals surface area contributed by atoms with Gasteiger partial charge in [0, 0.05) is 30.1 Å². The summed E-state index contributed by atoms with van der Waals surface area (Å²) in [5, 5.41) is 9.12. The average Bonchev–Trinajstić information content (AvgIpc) is 0.778. The molecule has 6 heterocycles. The number of piperazine rings is 6. The molecule has 0 spiro atoms. The molecule has 0 saturated carbocycles. The molecule has 16 nitrogen and oxygen atoms in total. The van der Waals surface area contributed by atoms with E-state index >= 15 is 0 Å². The van der Waals surface area contributed by atoms with Crippen molar-refractivity contribution in [2.24, 2.45) is 0 Å². The Kier molecular flexibility index (Phi) is 40.7. The molecule has 6 aliphatic rings. The van der Waals surface area contributed by atoms with Gasteiger partial charge in [-0.3, -0.25) is 4.18 Å². The zero-order chi connectivity index (χ0) is 66.9. The van der Waals surface area contributed by atoms with Crippen molar-refractivity contribution in [3.63, 3.8) is 0 Å². The molecule has 4 bridgehead atoms. The van der Waals surface area contributed by atoms with Crippen LogP contribution < -0.4 is 29.4 Å². The van der Waals surface area contributed by atoms with Crippen molar-refractivity contribution in [1.29, 1.82) is 0 Å². The van der Waals surface area contributed by atoms with E-state index in [0.29, 0.717) is 6.61 Å². The number of aryl methyl sites for hydroxylation is 4. The Morgan fingerprint density at radius 1 is 0.366 bits per heavy atom. The molecule has 532 valence electrons. The second-order valence-electron chi connectivity index (χ2n) is 26.6. The molecule has 0 aliphatic carbocycles. The number of benzene rings is 4. The molecule has 0 amide bonds. The van der Waals surface area contributed by atoms with E-state index in [1.165, 1.54) is 281 Å². The maximum absolute atomic E-state index is 12.4. The standard InChI is InChI=1S/C28H50N2O3S.C21H44N2O.C7H7ClO2S.2C7H8O3S.BrH.ClH/c1-3-4-5-6-7-8-9-10-11-12-18-29-20-23-30(24-21-29,25-22-29)19-13-26-33-34(31,32)28-16-14-27(2)15-17-28;1-2-3-4-5-6-7-8-9-10-11-13-22-15-18-23(19-16-22,20-17-22)14-12-21-24;3*1-6-2-4-7(5-3-6)11(8,9)10;;/h14-17H,3-13,18-26H2,1-2H3;24H,2-21H2,1H3;2-5H,1H3;2*2-5H,1H3,(H,8,9,10);2*1H/q2*+2;;;;;/p-4. The highest BCUT2D eigenvalue weighted by Crippen LogP contribution is 2.30. The number of rotatable bonds is 34. The Bertz CT molecular complexity index is 2930. The predicted octanol–water partition coefficient (Wildman–Crippen LogP) is 7.35. The first kappa shape index (κ1) is 86.5. The van der Waals surface area contributed by atoms with E-state index in [9.17, 15) is 42.8 Å². The number of nitrogens with zero attached hydrogens (tertiary/aromatic N) is 4. The Morgan fingerprint density at radius 2 is 0.591 bits per heavy atom. The fourth-order valence-corrected chi connectivity index (χ4v) is 15.6. The van der Waals surface area contributed by atoms with E-state index in [1.54, 1.807) is 48.5 Å². The van der Waals surface area contributed by atoms with Crippen molar-refractivity contribution < 1.29 is 99.4 Å². The van der Waals surface area contributed by atoms with Crippen LogP contribution in [0.1, 0.15) is 177 Å². The molecule has 4 aromatic carbocycles. The summed E-state index contributed by atoms with van der Waals surface area (Å²) >= 11 is 0. The summed E-state index contributed by atoms with van der Waals surface area (Å²) in [5.74, 6) is 0. The minimum absolute atomic E-state index is 0. The lowest BCUT2D eigenvalue weighted by Gasteiger charge is -2.55. The van der Waals surface area contributed by atoms with Crippen LogP contribution >= 0.6 is 10.7 Å². The Balaban J connectivity index is 0.000000431. The average molecular weight is 1480 g/mol. The third-order valence-electron chi connectivity index (χ3n) is 19.3. The van der Waals surface area contributed by atoms with Gasteiger partial charge in [-0.1, -0.05) is 187 Å². The third kappa shape index (κ3) is 33.2. The van der Waals surface area contributed by atoms with Gasteiger partial charge >= 0.3 is 0 Å². The van der Waals surface area contributed by atoms with Crippen LogP contribution in [-0.4, -0.2) is 184 Å². The second-order valence-corrected chi connectivity index (χ2v) is 33.6. The van der Waals surface area contributed by atoms with E-state index in [4.69, 9.17) is 20.0 Å². The number of aliphatic hydroxyl groups excluding tert-OH is 1. The molecule has 6 fully saturated rings. The van der Waals surface area contributed by atoms with Gasteiger partial charge in [-0.15, -0.1) is 0 Å². The normalized spacial score (nSPS) is 20.6. The Labute approximate surface area is 584 Å². The number of hydrogen-bond donors (Lipinski definition) is 1. The smallest absolute Gasteiger partial charge is 0.296 e. The van der Waals surface area contributed by atoms with Crippen LogP contribution in [0, 0.1) is 27.7 Å². The summed E-state index contributed by atoms with van der Waals surface area (Å²) < 4.78 is 119. The number of fused-ring (bicyclic) bond motifs is 6. The number of unbranched alkanes of at least 4 members (excludes halogenated alkanes) is 18. The van der Waals surface area contributed by atoms with Crippen LogP contribution in [0.2, 0.25) is 0 Å². The fourth-order valence-electron chi connectivity index (χ4n) is 13.0. The quantitative estimate of drug-likeness (QED) is 0.0160. The molecule has 0 aromatic heterocycles. The van der Waals surface area contributed by atoms with E-state index in [0.717, 1.165) is 41.6 Å². The highest BCUT2D eigenvalue weighted by atomic mass is 79.9. The predicted molar refractivity (Wildman–Crippen MR) is 366 cm³/mol. The lowest BCUT2D eigenvalue weighted by molar-refractivity contribution is -1.08. The van der Waals surface area contributed by atoms with Crippen LogP contribution in [0.3, 0.4) is 0 Å². The van der Waals surface area contributed by atoms with Crippen molar-refractivity contribution in [2.45, 2.75) is 202 Å². The minimum Gasteiger partial charge on any atom is -1.00 e. The van der Waals surface area contributed by atoms with Crippen molar-refractivity contribution in [2.75, 3.05) is 118 Å². The largest absolute Gasteiger partial charge is 1.00 e. The SMILES string of the molecule is CCCCCCCCCCCC[N+]12CC[N+](CCCO)(CC1)CC2.CCCCCCCCCCCC[N+]12CC[N+](CCCOS(=O)(=O)c3ccc(C)cc3)(CC1)CC2.Cc1ccc(S(=O)(=O)Cl)cc1.Cc1ccc(S(=O)(=O)[O-])cc1.Cc1ccc(S(=O)(=O)[O-])cc1.[Br-].[Cl-]. The molecule has 93 heavy (non-hydrogen) atoms. The summed E-state index contributed by atoms with van der Waals surface area (Å²) in [6, 6.07) is 24.8. The molecule has 10 rings (SSSR count). The van der Waals surface area contributed by atoms with Gasteiger partial charge in [0.15, 0.2) is 0 Å². The highest BCUT2D eigenvalue weighted by molar-refractivity contribution is 8.13. The van der Waals surface area contributed by atoms with Crippen LogP contribution in [0.5, 0.6) is 0 Å². The lowest BCUT2D eigenvalue weighted by Crippen LogP contribution is -3.00. The van der Waals surface area contributed by atoms with Gasteiger partial charge < -0.3 is 61.5 Å². The van der Waals surface area contributed by atoms with Crippen LogP contribution in [0.25, 0.3) is 0 Å². The molecule has 4 aromatic rings. The molecule has 0 radical (unpaired) electrons. The molecule has 6 saturated heterocycles. The summed E-state index contributed by atoms with van der Waals surface area (Å²) in [4.78, 5) is 0.0473. The molecule has 0 unspecified atom stereocenters.